The molecule has 0 heterocycles. The number of benzene rings is 2. The summed E-state index contributed by atoms with van der Waals surface area (Å²) in [6.45, 7) is 6.27. The maximum atomic E-state index is 12.7. The fourth-order valence-electron chi connectivity index (χ4n) is 3.01. The van der Waals surface area contributed by atoms with Crippen LogP contribution in [0.3, 0.4) is 0 Å². The molecule has 2 aromatic carbocycles. The maximum absolute atomic E-state index is 12.7. The van der Waals surface area contributed by atoms with Crippen LogP contribution in [0.25, 0.3) is 0 Å². The third-order valence-electron chi connectivity index (χ3n) is 4.76. The van der Waals surface area contributed by atoms with Crippen LogP contribution in [0.15, 0.2) is 48.5 Å². The van der Waals surface area contributed by atoms with Gasteiger partial charge in [-0.3, -0.25) is 14.5 Å². The van der Waals surface area contributed by atoms with E-state index in [1.807, 2.05) is 49.1 Å². The van der Waals surface area contributed by atoms with Crippen molar-refractivity contribution in [1.29, 1.82) is 0 Å². The second-order valence-corrected chi connectivity index (χ2v) is 7.07. The van der Waals surface area contributed by atoms with Gasteiger partial charge in [0.1, 0.15) is 0 Å². The molecule has 1 unspecified atom stereocenters. The van der Waals surface area contributed by atoms with Gasteiger partial charge in [0.25, 0.3) is 0 Å². The summed E-state index contributed by atoms with van der Waals surface area (Å²) in [7, 11) is 1.31. The molecular formula is C23H29N3O4. The lowest BCUT2D eigenvalue weighted by Gasteiger charge is -2.27. The average molecular weight is 412 g/mol. The Balaban J connectivity index is 2.06. The van der Waals surface area contributed by atoms with E-state index in [0.29, 0.717) is 23.5 Å². The second kappa shape index (κ2) is 11.1. The van der Waals surface area contributed by atoms with Crippen molar-refractivity contribution < 1.29 is 19.1 Å². The number of carbonyl (C=O) groups excluding carboxylic acids is 3. The smallest absolute Gasteiger partial charge is 0.337 e. The van der Waals surface area contributed by atoms with Gasteiger partial charge in [-0.2, -0.15) is 0 Å². The Morgan fingerprint density at radius 1 is 1.07 bits per heavy atom. The molecule has 0 fully saturated rings. The molecule has 0 aliphatic carbocycles. The van der Waals surface area contributed by atoms with Crippen molar-refractivity contribution in [2.24, 2.45) is 0 Å². The average Bonchev–Trinajstić information content (AvgIpc) is 2.74. The quantitative estimate of drug-likeness (QED) is 0.617. The maximum Gasteiger partial charge on any atom is 0.337 e. The lowest BCUT2D eigenvalue weighted by Crippen LogP contribution is -2.46. The van der Waals surface area contributed by atoms with Crippen molar-refractivity contribution in [1.82, 2.24) is 4.90 Å². The summed E-state index contributed by atoms with van der Waals surface area (Å²) in [4.78, 5) is 38.9. The number of hydrogen-bond donors (Lipinski definition) is 2. The van der Waals surface area contributed by atoms with Crippen molar-refractivity contribution in [3.8, 4) is 0 Å². The molecule has 0 aliphatic heterocycles. The Morgan fingerprint density at radius 3 is 2.40 bits per heavy atom. The standard InChI is InChI=1S/C23H29N3O4/c1-5-13-26(17(3)22(28)24-19-9-7-6-8-10-19)15-21(27)25-20-14-18(23(29)30-4)12-11-16(20)2/h6-12,14,17H,5,13,15H2,1-4H3,(H,24,28)(H,25,27). The van der Waals surface area contributed by atoms with Gasteiger partial charge in [0.2, 0.25) is 11.8 Å². The minimum atomic E-state index is -0.488. The lowest BCUT2D eigenvalue weighted by atomic mass is 10.1. The summed E-state index contributed by atoms with van der Waals surface area (Å²) in [6, 6.07) is 13.7. The number of nitrogens with one attached hydrogen (secondary N) is 2. The second-order valence-electron chi connectivity index (χ2n) is 7.07. The Kier molecular flexibility index (Phi) is 8.55. The first kappa shape index (κ1) is 23.1. The van der Waals surface area contributed by atoms with E-state index >= 15 is 0 Å². The Bertz CT molecular complexity index is 883. The van der Waals surface area contributed by atoms with E-state index in [0.717, 1.165) is 12.0 Å². The molecule has 0 radical (unpaired) electrons. The summed E-state index contributed by atoms with van der Waals surface area (Å²) in [5.74, 6) is -0.899. The fraction of sp³-hybridized carbons (Fsp3) is 0.348. The third kappa shape index (κ3) is 6.42. The molecule has 2 amide bonds. The number of carbonyl (C=O) groups is 3. The zero-order chi connectivity index (χ0) is 22.1. The van der Waals surface area contributed by atoms with Crippen LogP contribution >= 0.6 is 0 Å². The van der Waals surface area contributed by atoms with Gasteiger partial charge in [-0.1, -0.05) is 31.2 Å². The minimum Gasteiger partial charge on any atom is -0.465 e. The highest BCUT2D eigenvalue weighted by Gasteiger charge is 2.23. The van der Waals surface area contributed by atoms with E-state index in [4.69, 9.17) is 4.74 Å². The van der Waals surface area contributed by atoms with Crippen molar-refractivity contribution in [2.75, 3.05) is 30.8 Å². The third-order valence-corrected chi connectivity index (χ3v) is 4.76. The zero-order valence-corrected chi connectivity index (χ0v) is 17.9. The van der Waals surface area contributed by atoms with Crippen molar-refractivity contribution in [3.63, 3.8) is 0 Å². The van der Waals surface area contributed by atoms with Gasteiger partial charge < -0.3 is 15.4 Å². The molecule has 1 atom stereocenters. The van der Waals surface area contributed by atoms with Crippen molar-refractivity contribution in [3.05, 3.63) is 59.7 Å². The van der Waals surface area contributed by atoms with Gasteiger partial charge in [0.15, 0.2) is 0 Å². The zero-order valence-electron chi connectivity index (χ0n) is 17.9. The Hall–Kier alpha value is -3.19. The summed E-state index contributed by atoms with van der Waals surface area (Å²) < 4.78 is 4.73. The van der Waals surface area contributed by atoms with Crippen LogP contribution in [0.1, 0.15) is 36.2 Å². The molecule has 0 bridgehead atoms. The van der Waals surface area contributed by atoms with E-state index in [-0.39, 0.29) is 18.4 Å². The molecule has 2 N–H and O–H groups in total. The molecule has 7 nitrogen and oxygen atoms in total. The van der Waals surface area contributed by atoms with Gasteiger partial charge in [-0.25, -0.2) is 4.79 Å². The van der Waals surface area contributed by atoms with Gasteiger partial charge >= 0.3 is 5.97 Å². The van der Waals surface area contributed by atoms with Crippen LogP contribution < -0.4 is 10.6 Å². The van der Waals surface area contributed by atoms with E-state index < -0.39 is 12.0 Å². The highest BCUT2D eigenvalue weighted by Crippen LogP contribution is 2.18. The van der Waals surface area contributed by atoms with E-state index in [2.05, 4.69) is 10.6 Å². The molecule has 0 saturated carbocycles. The van der Waals surface area contributed by atoms with E-state index in [1.54, 1.807) is 25.1 Å². The molecule has 2 rings (SSSR count). The SMILES string of the molecule is CCCN(CC(=O)Nc1cc(C(=O)OC)ccc1C)C(C)C(=O)Nc1ccccc1. The number of ether oxygens (including phenoxy) is 1. The summed E-state index contributed by atoms with van der Waals surface area (Å²) in [5, 5.41) is 5.72. The molecule has 0 aromatic heterocycles. The van der Waals surface area contributed by atoms with Crippen LogP contribution in [-0.2, 0) is 14.3 Å². The van der Waals surface area contributed by atoms with Crippen LogP contribution in [0.5, 0.6) is 0 Å². The topological polar surface area (TPSA) is 87.7 Å². The Labute approximate surface area is 177 Å². The molecule has 7 heteroatoms. The van der Waals surface area contributed by atoms with Crippen LogP contribution in [0.2, 0.25) is 0 Å². The molecule has 160 valence electrons. The molecule has 0 saturated heterocycles. The van der Waals surface area contributed by atoms with E-state index in [9.17, 15) is 14.4 Å². The molecule has 0 spiro atoms. The highest BCUT2D eigenvalue weighted by molar-refractivity contribution is 5.97. The Morgan fingerprint density at radius 2 is 1.77 bits per heavy atom. The largest absolute Gasteiger partial charge is 0.465 e. The summed E-state index contributed by atoms with van der Waals surface area (Å²) in [5.41, 5.74) is 2.44. The highest BCUT2D eigenvalue weighted by atomic mass is 16.5. The number of methoxy groups -OCH3 is 1. The first-order valence-corrected chi connectivity index (χ1v) is 9.94. The van der Waals surface area contributed by atoms with Crippen LogP contribution in [-0.4, -0.2) is 48.9 Å². The molecule has 0 aliphatic rings. The minimum absolute atomic E-state index is 0.0547. The van der Waals surface area contributed by atoms with Crippen LogP contribution in [0.4, 0.5) is 11.4 Å². The van der Waals surface area contributed by atoms with Gasteiger partial charge in [-0.15, -0.1) is 0 Å². The van der Waals surface area contributed by atoms with Crippen molar-refractivity contribution >= 4 is 29.2 Å². The number of aryl methyl sites for hydroxylation is 1. The summed E-state index contributed by atoms with van der Waals surface area (Å²) >= 11 is 0. The monoisotopic (exact) mass is 411 g/mol. The molecule has 2 aromatic rings. The first-order chi connectivity index (χ1) is 14.3. The number of esters is 1. The number of nitrogens with zero attached hydrogens (tertiary/aromatic N) is 1. The van der Waals surface area contributed by atoms with Gasteiger partial charge in [0, 0.05) is 11.4 Å². The number of para-hydroxylation sites is 1. The number of hydrogen-bond acceptors (Lipinski definition) is 5. The number of rotatable bonds is 9. The molecular weight excluding hydrogens is 382 g/mol. The van der Waals surface area contributed by atoms with E-state index in [1.165, 1.54) is 7.11 Å². The summed E-state index contributed by atoms with van der Waals surface area (Å²) in [6.07, 6.45) is 0.799. The van der Waals surface area contributed by atoms with Gasteiger partial charge in [-0.05, 0) is 56.6 Å². The number of anilines is 2. The predicted octanol–water partition coefficient (Wildman–Crippen LogP) is 3.46. The first-order valence-electron chi connectivity index (χ1n) is 9.94. The number of amides is 2. The molecule has 30 heavy (non-hydrogen) atoms. The lowest BCUT2D eigenvalue weighted by molar-refractivity contribution is -0.123. The fourth-order valence-corrected chi connectivity index (χ4v) is 3.01. The van der Waals surface area contributed by atoms with Crippen LogP contribution in [0, 0.1) is 6.92 Å². The van der Waals surface area contributed by atoms with Gasteiger partial charge in [0.05, 0.1) is 25.3 Å². The normalized spacial score (nSPS) is 11.6. The van der Waals surface area contributed by atoms with Crippen molar-refractivity contribution in [2.45, 2.75) is 33.2 Å². The predicted molar refractivity (Wildman–Crippen MR) is 118 cm³/mol.